The molecule has 0 atom stereocenters. The van der Waals surface area contributed by atoms with Crippen LogP contribution in [0.4, 0.5) is 5.69 Å². The predicted octanol–water partition coefficient (Wildman–Crippen LogP) is 3.21. The maximum absolute atomic E-state index is 12.4. The van der Waals surface area contributed by atoms with Gasteiger partial charge in [0.1, 0.15) is 6.54 Å². The molecule has 0 fully saturated rings. The number of anilines is 1. The molecule has 2 rings (SSSR count). The predicted molar refractivity (Wildman–Crippen MR) is 109 cm³/mol. The van der Waals surface area contributed by atoms with E-state index in [4.69, 9.17) is 33.2 Å². The third-order valence-corrected chi connectivity index (χ3v) is 4.29. The van der Waals surface area contributed by atoms with Crippen LogP contribution in [-0.4, -0.2) is 37.5 Å². The summed E-state index contributed by atoms with van der Waals surface area (Å²) in [4.78, 5) is 37.7. The van der Waals surface area contributed by atoms with E-state index in [0.29, 0.717) is 10.7 Å². The van der Waals surface area contributed by atoms with Crippen LogP contribution in [0.25, 0.3) is 0 Å². The molecule has 0 radical (unpaired) electrons. The molecule has 0 heterocycles. The van der Waals surface area contributed by atoms with Gasteiger partial charge in [-0.2, -0.15) is 5.26 Å². The van der Waals surface area contributed by atoms with Gasteiger partial charge in [0.15, 0.2) is 6.61 Å². The number of ether oxygens (including phenoxy) is 1. The molecule has 1 N–H and O–H groups in total. The van der Waals surface area contributed by atoms with Gasteiger partial charge in [-0.05, 0) is 30.3 Å². The molecule has 0 saturated carbocycles. The van der Waals surface area contributed by atoms with E-state index in [2.05, 4.69) is 5.32 Å². The average Bonchev–Trinajstić information content (AvgIpc) is 2.71. The highest BCUT2D eigenvalue weighted by Gasteiger charge is 2.18. The van der Waals surface area contributed by atoms with E-state index in [-0.39, 0.29) is 23.6 Å². The standard InChI is InChI=1S/C20H17Cl2N3O4/c21-14-7-8-16(17(22)11-14)20(28)24-12-19(27)29-13-18(26)25(10-4-9-23)15-5-2-1-3-6-15/h1-3,5-8,11H,4,10,12-13H2,(H,24,28). The molecule has 0 aliphatic heterocycles. The van der Waals surface area contributed by atoms with E-state index >= 15 is 0 Å². The Labute approximate surface area is 177 Å². The van der Waals surface area contributed by atoms with Crippen LogP contribution in [0.1, 0.15) is 16.8 Å². The van der Waals surface area contributed by atoms with Crippen LogP contribution < -0.4 is 10.2 Å². The number of nitrogens with zero attached hydrogens (tertiary/aromatic N) is 2. The van der Waals surface area contributed by atoms with Gasteiger partial charge in [-0.15, -0.1) is 0 Å². The summed E-state index contributed by atoms with van der Waals surface area (Å²) in [5.74, 6) is -1.84. The second kappa shape index (κ2) is 11.1. The monoisotopic (exact) mass is 433 g/mol. The van der Waals surface area contributed by atoms with Crippen LogP contribution in [0.15, 0.2) is 48.5 Å². The number of esters is 1. The second-order valence-electron chi connectivity index (χ2n) is 5.76. The Morgan fingerprint density at radius 1 is 1.10 bits per heavy atom. The van der Waals surface area contributed by atoms with Crippen molar-refractivity contribution in [3.63, 3.8) is 0 Å². The number of para-hydroxylation sites is 1. The van der Waals surface area contributed by atoms with E-state index in [1.807, 2.05) is 6.07 Å². The van der Waals surface area contributed by atoms with Crippen molar-refractivity contribution >= 4 is 46.7 Å². The van der Waals surface area contributed by atoms with Crippen molar-refractivity contribution in [2.24, 2.45) is 0 Å². The molecule has 0 spiro atoms. The Morgan fingerprint density at radius 2 is 1.83 bits per heavy atom. The van der Waals surface area contributed by atoms with Crippen molar-refractivity contribution < 1.29 is 19.1 Å². The first-order chi connectivity index (χ1) is 13.9. The fourth-order valence-corrected chi connectivity index (χ4v) is 2.85. The van der Waals surface area contributed by atoms with Crippen LogP contribution in [0, 0.1) is 11.3 Å². The number of nitrogens with one attached hydrogen (secondary N) is 1. The van der Waals surface area contributed by atoms with E-state index < -0.39 is 30.9 Å². The Morgan fingerprint density at radius 3 is 2.48 bits per heavy atom. The first-order valence-electron chi connectivity index (χ1n) is 8.53. The van der Waals surface area contributed by atoms with Gasteiger partial charge >= 0.3 is 5.97 Å². The zero-order valence-electron chi connectivity index (χ0n) is 15.2. The van der Waals surface area contributed by atoms with Crippen molar-refractivity contribution in [2.75, 3.05) is 24.6 Å². The van der Waals surface area contributed by atoms with Crippen molar-refractivity contribution in [2.45, 2.75) is 6.42 Å². The van der Waals surface area contributed by atoms with Crippen LogP contribution in [0.2, 0.25) is 10.0 Å². The van der Waals surface area contributed by atoms with Gasteiger partial charge in [0.25, 0.3) is 11.8 Å². The van der Waals surface area contributed by atoms with Crippen molar-refractivity contribution in [3.05, 3.63) is 64.1 Å². The number of nitriles is 1. The molecule has 2 amide bonds. The van der Waals surface area contributed by atoms with Crippen LogP contribution in [0.5, 0.6) is 0 Å². The lowest BCUT2D eigenvalue weighted by molar-refractivity contribution is -0.146. The van der Waals surface area contributed by atoms with Gasteiger partial charge in [-0.3, -0.25) is 14.4 Å². The van der Waals surface area contributed by atoms with Crippen molar-refractivity contribution in [3.8, 4) is 6.07 Å². The first-order valence-corrected chi connectivity index (χ1v) is 9.29. The first kappa shape index (κ1) is 22.2. The summed E-state index contributed by atoms with van der Waals surface area (Å²) in [6.07, 6.45) is 0.131. The van der Waals surface area contributed by atoms with Crippen molar-refractivity contribution in [1.82, 2.24) is 5.32 Å². The van der Waals surface area contributed by atoms with Gasteiger partial charge in [0.05, 0.1) is 23.1 Å². The summed E-state index contributed by atoms with van der Waals surface area (Å²) in [7, 11) is 0. The Bertz CT molecular complexity index is 929. The minimum absolute atomic E-state index is 0.131. The number of carbonyl (C=O) groups is 3. The molecular formula is C20H17Cl2N3O4. The highest BCUT2D eigenvalue weighted by Crippen LogP contribution is 2.20. The number of carbonyl (C=O) groups excluding carboxylic acids is 3. The van der Waals surface area contributed by atoms with Crippen LogP contribution >= 0.6 is 23.2 Å². The van der Waals surface area contributed by atoms with Gasteiger partial charge in [-0.1, -0.05) is 41.4 Å². The summed E-state index contributed by atoms with van der Waals surface area (Å²) in [6, 6.07) is 15.1. The van der Waals surface area contributed by atoms with E-state index in [1.165, 1.54) is 23.1 Å². The lowest BCUT2D eigenvalue weighted by atomic mass is 10.2. The number of hydrogen-bond acceptors (Lipinski definition) is 5. The molecular weight excluding hydrogens is 417 g/mol. The number of benzene rings is 2. The van der Waals surface area contributed by atoms with Gasteiger partial charge in [0.2, 0.25) is 0 Å². The molecule has 150 valence electrons. The normalized spacial score (nSPS) is 9.97. The van der Waals surface area contributed by atoms with E-state index in [0.717, 1.165) is 0 Å². The Kier molecular flexibility index (Phi) is 8.46. The SMILES string of the molecule is N#CCCN(C(=O)COC(=O)CNC(=O)c1ccc(Cl)cc1Cl)c1ccccc1. The van der Waals surface area contributed by atoms with Gasteiger partial charge in [-0.25, -0.2) is 0 Å². The highest BCUT2D eigenvalue weighted by atomic mass is 35.5. The molecule has 0 saturated heterocycles. The summed E-state index contributed by atoms with van der Waals surface area (Å²) >= 11 is 11.7. The average molecular weight is 434 g/mol. The van der Waals surface area contributed by atoms with Crippen molar-refractivity contribution in [1.29, 1.82) is 5.26 Å². The number of hydrogen-bond donors (Lipinski definition) is 1. The Balaban J connectivity index is 1.87. The summed E-state index contributed by atoms with van der Waals surface area (Å²) in [5.41, 5.74) is 0.751. The number of rotatable bonds is 8. The summed E-state index contributed by atoms with van der Waals surface area (Å²) < 4.78 is 4.94. The van der Waals surface area contributed by atoms with E-state index in [9.17, 15) is 14.4 Å². The molecule has 7 nitrogen and oxygen atoms in total. The molecule has 0 aromatic heterocycles. The smallest absolute Gasteiger partial charge is 0.325 e. The molecule has 2 aromatic rings. The Hall–Kier alpha value is -3.08. The van der Waals surface area contributed by atoms with E-state index in [1.54, 1.807) is 30.3 Å². The van der Waals surface area contributed by atoms with Crippen LogP contribution in [0.3, 0.4) is 0 Å². The fourth-order valence-electron chi connectivity index (χ4n) is 2.36. The molecule has 9 heteroatoms. The maximum Gasteiger partial charge on any atom is 0.325 e. The topological polar surface area (TPSA) is 99.5 Å². The molecule has 0 unspecified atom stereocenters. The largest absolute Gasteiger partial charge is 0.454 e. The lowest BCUT2D eigenvalue weighted by Gasteiger charge is -2.21. The third kappa shape index (κ3) is 6.79. The minimum Gasteiger partial charge on any atom is -0.454 e. The molecule has 2 aromatic carbocycles. The molecule has 0 bridgehead atoms. The molecule has 29 heavy (non-hydrogen) atoms. The number of halogens is 2. The molecule has 0 aliphatic carbocycles. The minimum atomic E-state index is -0.787. The summed E-state index contributed by atoms with van der Waals surface area (Å²) in [5, 5.41) is 11.7. The summed E-state index contributed by atoms with van der Waals surface area (Å²) in [6.45, 7) is -0.784. The van der Waals surface area contributed by atoms with Gasteiger partial charge in [0, 0.05) is 17.3 Å². The van der Waals surface area contributed by atoms with Gasteiger partial charge < -0.3 is 15.0 Å². The highest BCUT2D eigenvalue weighted by molar-refractivity contribution is 6.36. The third-order valence-electron chi connectivity index (χ3n) is 3.74. The van der Waals surface area contributed by atoms with Crippen LogP contribution in [-0.2, 0) is 14.3 Å². The molecule has 0 aliphatic rings. The zero-order valence-corrected chi connectivity index (χ0v) is 16.7. The maximum atomic E-state index is 12.4. The second-order valence-corrected chi connectivity index (χ2v) is 6.60. The zero-order chi connectivity index (χ0) is 21.2. The quantitative estimate of drug-likeness (QED) is 0.644. The lowest BCUT2D eigenvalue weighted by Crippen LogP contribution is -2.37. The fraction of sp³-hybridized carbons (Fsp3) is 0.200. The number of amides is 2.